The highest BCUT2D eigenvalue weighted by Crippen LogP contribution is 2.40. The molecule has 0 radical (unpaired) electrons. The van der Waals surface area contributed by atoms with Crippen LogP contribution in [0.4, 0.5) is 19.0 Å². The summed E-state index contributed by atoms with van der Waals surface area (Å²) in [5.74, 6) is -3.81. The van der Waals surface area contributed by atoms with Gasteiger partial charge in [0.05, 0.1) is 0 Å². The Morgan fingerprint density at radius 3 is 2.56 bits per heavy atom. The highest BCUT2D eigenvalue weighted by atomic mass is 35.5. The number of alkyl halides is 3. The van der Waals surface area contributed by atoms with Crippen molar-refractivity contribution in [1.29, 1.82) is 0 Å². The fourth-order valence-electron chi connectivity index (χ4n) is 3.19. The van der Waals surface area contributed by atoms with Gasteiger partial charge in [0.15, 0.2) is 0 Å². The Morgan fingerprint density at radius 1 is 1.24 bits per heavy atom. The van der Waals surface area contributed by atoms with Gasteiger partial charge in [0.1, 0.15) is 11.7 Å². The third-order valence-electron chi connectivity index (χ3n) is 4.51. The lowest BCUT2D eigenvalue weighted by Gasteiger charge is -2.29. The number of rotatable bonds is 3. The van der Waals surface area contributed by atoms with Crippen LogP contribution in [0.3, 0.4) is 0 Å². The molecule has 1 aromatic carbocycles. The predicted octanol–water partition coefficient (Wildman–Crippen LogP) is 4.61. The van der Waals surface area contributed by atoms with Crippen LogP contribution in [0.25, 0.3) is 0 Å². The molecule has 7 heteroatoms. The summed E-state index contributed by atoms with van der Waals surface area (Å²) in [6.45, 7) is 1.62. The van der Waals surface area contributed by atoms with Crippen LogP contribution in [-0.4, -0.2) is 23.6 Å². The average Bonchev–Trinajstić information content (AvgIpc) is 2.98. The number of hydrogen-bond donors (Lipinski definition) is 0. The zero-order valence-corrected chi connectivity index (χ0v) is 14.2. The maximum atomic E-state index is 13.7. The van der Waals surface area contributed by atoms with Gasteiger partial charge in [-0.3, -0.25) is 9.69 Å². The van der Waals surface area contributed by atoms with Crippen LogP contribution >= 0.6 is 11.6 Å². The number of carbonyl (C=O) groups is 1. The molecule has 3 rings (SSSR count). The van der Waals surface area contributed by atoms with Crippen LogP contribution in [0, 0.1) is 5.92 Å². The molecule has 0 saturated carbocycles. The lowest BCUT2D eigenvalue weighted by atomic mass is 9.86. The SMILES string of the molecule is C[C@H](c1ccc(Cl)cc1)[C@@H](C(=O)N1CCc2cccnc21)C(F)(F)F. The minimum absolute atomic E-state index is 0.213. The third-order valence-corrected chi connectivity index (χ3v) is 4.76. The lowest BCUT2D eigenvalue weighted by Crippen LogP contribution is -2.44. The predicted molar refractivity (Wildman–Crippen MR) is 89.7 cm³/mol. The standard InChI is InChI=1S/C18H16ClF3N2O/c1-11(12-4-6-14(19)7-5-12)15(18(20,21)22)17(25)24-10-8-13-3-2-9-23-16(13)24/h2-7,9,11,15H,8,10H2,1H3/t11-,15+/m1/s1. The van der Waals surface area contributed by atoms with Crippen molar-refractivity contribution in [3.05, 3.63) is 58.7 Å². The Hall–Kier alpha value is -2.08. The fourth-order valence-corrected chi connectivity index (χ4v) is 3.31. The molecule has 0 spiro atoms. The van der Waals surface area contributed by atoms with Gasteiger partial charge in [0, 0.05) is 23.7 Å². The molecule has 3 nitrogen and oxygen atoms in total. The molecule has 2 heterocycles. The highest BCUT2D eigenvalue weighted by molar-refractivity contribution is 6.30. The second-order valence-corrected chi connectivity index (χ2v) is 6.52. The molecule has 1 aliphatic rings. The van der Waals surface area contributed by atoms with Gasteiger partial charge >= 0.3 is 6.18 Å². The van der Waals surface area contributed by atoms with Crippen LogP contribution in [0.5, 0.6) is 0 Å². The van der Waals surface area contributed by atoms with Crippen molar-refractivity contribution in [2.45, 2.75) is 25.4 Å². The summed E-state index contributed by atoms with van der Waals surface area (Å²) in [6, 6.07) is 9.59. The molecule has 1 amide bonds. The highest BCUT2D eigenvalue weighted by Gasteiger charge is 2.51. The number of anilines is 1. The van der Waals surface area contributed by atoms with Crippen molar-refractivity contribution in [2.75, 3.05) is 11.4 Å². The second kappa shape index (κ2) is 6.67. The van der Waals surface area contributed by atoms with Gasteiger partial charge in [-0.1, -0.05) is 36.7 Å². The van der Waals surface area contributed by atoms with Crippen molar-refractivity contribution < 1.29 is 18.0 Å². The summed E-state index contributed by atoms with van der Waals surface area (Å²) < 4.78 is 41.2. The van der Waals surface area contributed by atoms with E-state index in [2.05, 4.69) is 4.98 Å². The van der Waals surface area contributed by atoms with Crippen LogP contribution in [-0.2, 0) is 11.2 Å². The van der Waals surface area contributed by atoms with Gasteiger partial charge in [-0.25, -0.2) is 4.98 Å². The Balaban J connectivity index is 1.94. The van der Waals surface area contributed by atoms with Crippen molar-refractivity contribution >= 4 is 23.3 Å². The Kier molecular flexibility index (Phi) is 4.73. The average molecular weight is 369 g/mol. The number of carbonyl (C=O) groups excluding carboxylic acids is 1. The van der Waals surface area contributed by atoms with Gasteiger partial charge in [-0.2, -0.15) is 13.2 Å². The molecule has 0 unspecified atom stereocenters. The summed E-state index contributed by atoms with van der Waals surface area (Å²) in [5.41, 5.74) is 1.21. The summed E-state index contributed by atoms with van der Waals surface area (Å²) in [5, 5.41) is 0.434. The molecule has 1 aliphatic heterocycles. The summed E-state index contributed by atoms with van der Waals surface area (Å²) in [6.07, 6.45) is -2.67. The van der Waals surface area contributed by atoms with Crippen molar-refractivity contribution in [3.8, 4) is 0 Å². The first kappa shape index (κ1) is 17.7. The zero-order chi connectivity index (χ0) is 18.2. The van der Waals surface area contributed by atoms with E-state index in [1.165, 1.54) is 37.4 Å². The van der Waals surface area contributed by atoms with E-state index < -0.39 is 23.9 Å². The minimum Gasteiger partial charge on any atom is -0.296 e. The molecule has 0 N–H and O–H groups in total. The van der Waals surface area contributed by atoms with E-state index in [0.717, 1.165) is 10.5 Å². The first-order valence-corrected chi connectivity index (χ1v) is 8.24. The van der Waals surface area contributed by atoms with Crippen molar-refractivity contribution in [3.63, 3.8) is 0 Å². The van der Waals surface area contributed by atoms with Gasteiger partial charge in [-0.15, -0.1) is 0 Å². The number of aromatic nitrogens is 1. The number of fused-ring (bicyclic) bond motifs is 1. The van der Waals surface area contributed by atoms with Crippen molar-refractivity contribution in [2.24, 2.45) is 5.92 Å². The van der Waals surface area contributed by atoms with Crippen LogP contribution in [0.2, 0.25) is 5.02 Å². The molecule has 2 atom stereocenters. The normalized spacial score (nSPS) is 16.4. The minimum atomic E-state index is -4.66. The van der Waals surface area contributed by atoms with E-state index in [9.17, 15) is 18.0 Å². The number of nitrogens with zero attached hydrogens (tertiary/aromatic N) is 2. The summed E-state index contributed by atoms with van der Waals surface area (Å²) >= 11 is 5.80. The van der Waals surface area contributed by atoms with E-state index in [0.29, 0.717) is 22.8 Å². The molecule has 0 saturated heterocycles. The lowest BCUT2D eigenvalue weighted by molar-refractivity contribution is -0.185. The van der Waals surface area contributed by atoms with Crippen LogP contribution < -0.4 is 4.90 Å². The van der Waals surface area contributed by atoms with Crippen LogP contribution in [0.15, 0.2) is 42.6 Å². The molecule has 0 bridgehead atoms. The molecular formula is C18H16ClF3N2O. The quantitative estimate of drug-likeness (QED) is 0.792. The molecule has 2 aromatic rings. The van der Waals surface area contributed by atoms with E-state index in [1.54, 1.807) is 12.1 Å². The second-order valence-electron chi connectivity index (χ2n) is 6.09. The van der Waals surface area contributed by atoms with Crippen molar-refractivity contribution in [1.82, 2.24) is 4.98 Å². The maximum absolute atomic E-state index is 13.7. The largest absolute Gasteiger partial charge is 0.401 e. The third kappa shape index (κ3) is 3.49. The van der Waals surface area contributed by atoms with Crippen LogP contribution in [0.1, 0.15) is 24.0 Å². The molecule has 0 aliphatic carbocycles. The number of amides is 1. The van der Waals surface area contributed by atoms with Gasteiger partial charge in [0.25, 0.3) is 0 Å². The summed E-state index contributed by atoms with van der Waals surface area (Å²) in [4.78, 5) is 18.0. The van der Waals surface area contributed by atoms with E-state index in [4.69, 9.17) is 11.6 Å². The number of benzene rings is 1. The number of hydrogen-bond acceptors (Lipinski definition) is 2. The van der Waals surface area contributed by atoms with E-state index in [1.807, 2.05) is 0 Å². The Bertz CT molecular complexity index is 777. The monoisotopic (exact) mass is 368 g/mol. The Labute approximate surface area is 148 Å². The molecule has 0 fully saturated rings. The number of pyridine rings is 1. The smallest absolute Gasteiger partial charge is 0.296 e. The van der Waals surface area contributed by atoms with Gasteiger partial charge in [0.2, 0.25) is 5.91 Å². The number of halogens is 4. The summed E-state index contributed by atoms with van der Waals surface area (Å²) in [7, 11) is 0. The first-order valence-electron chi connectivity index (χ1n) is 7.86. The van der Waals surface area contributed by atoms with E-state index in [-0.39, 0.29) is 6.54 Å². The Morgan fingerprint density at radius 2 is 1.92 bits per heavy atom. The molecule has 132 valence electrons. The molecule has 25 heavy (non-hydrogen) atoms. The van der Waals surface area contributed by atoms with Gasteiger partial charge < -0.3 is 0 Å². The van der Waals surface area contributed by atoms with E-state index >= 15 is 0 Å². The molecule has 1 aromatic heterocycles. The first-order chi connectivity index (χ1) is 11.8. The molecular weight excluding hydrogens is 353 g/mol. The topological polar surface area (TPSA) is 33.2 Å². The zero-order valence-electron chi connectivity index (χ0n) is 13.4. The van der Waals surface area contributed by atoms with Gasteiger partial charge in [-0.05, 0) is 35.7 Å². The maximum Gasteiger partial charge on any atom is 0.401 e. The fraction of sp³-hybridized carbons (Fsp3) is 0.333.